The molecule has 1 atom stereocenters. The summed E-state index contributed by atoms with van der Waals surface area (Å²) in [7, 11) is 0. The highest BCUT2D eigenvalue weighted by atomic mass is 16.5. The summed E-state index contributed by atoms with van der Waals surface area (Å²) in [6.45, 7) is 4.05. The molecule has 22 heavy (non-hydrogen) atoms. The van der Waals surface area contributed by atoms with Gasteiger partial charge in [-0.3, -0.25) is 4.79 Å². The van der Waals surface area contributed by atoms with Gasteiger partial charge >= 0.3 is 0 Å². The molecule has 0 saturated heterocycles. The lowest BCUT2D eigenvalue weighted by Crippen LogP contribution is -2.36. The number of hydrogen-bond acceptors (Lipinski definition) is 2. The first kappa shape index (κ1) is 16.1. The Balaban J connectivity index is 1.71. The number of carbonyl (C=O) groups excluding carboxylic acids is 1. The van der Waals surface area contributed by atoms with Crippen LogP contribution in [0.4, 0.5) is 0 Å². The standard InChI is InChI=1S/C19H23NO2/c1-15-8-6-7-11-18(15)22-14-19(21)20-16(2)12-13-17-9-4-3-5-10-17/h3-11,16H,12-14H2,1-2H3,(H,20,21)/t16-/m1/s1. The van der Waals surface area contributed by atoms with Crippen LogP contribution >= 0.6 is 0 Å². The Kier molecular flexibility index (Phi) is 6.01. The van der Waals surface area contributed by atoms with Gasteiger partial charge in [0, 0.05) is 6.04 Å². The van der Waals surface area contributed by atoms with Crippen LogP contribution in [0.15, 0.2) is 54.6 Å². The first-order chi connectivity index (χ1) is 10.6. The van der Waals surface area contributed by atoms with E-state index in [1.54, 1.807) is 0 Å². The van der Waals surface area contributed by atoms with E-state index in [-0.39, 0.29) is 18.6 Å². The van der Waals surface area contributed by atoms with Crippen LogP contribution in [-0.4, -0.2) is 18.6 Å². The summed E-state index contributed by atoms with van der Waals surface area (Å²) in [5, 5.41) is 2.98. The van der Waals surface area contributed by atoms with Crippen molar-refractivity contribution in [2.45, 2.75) is 32.7 Å². The number of nitrogens with one attached hydrogen (secondary N) is 1. The minimum atomic E-state index is -0.0798. The van der Waals surface area contributed by atoms with Gasteiger partial charge in [0.2, 0.25) is 0 Å². The fraction of sp³-hybridized carbons (Fsp3) is 0.316. The molecular formula is C19H23NO2. The number of hydrogen-bond donors (Lipinski definition) is 1. The van der Waals surface area contributed by atoms with Gasteiger partial charge in [0.15, 0.2) is 6.61 Å². The molecule has 0 saturated carbocycles. The highest BCUT2D eigenvalue weighted by Crippen LogP contribution is 2.15. The zero-order valence-electron chi connectivity index (χ0n) is 13.2. The molecular weight excluding hydrogens is 274 g/mol. The van der Waals surface area contributed by atoms with Crippen molar-refractivity contribution in [2.75, 3.05) is 6.61 Å². The summed E-state index contributed by atoms with van der Waals surface area (Å²) in [6, 6.07) is 18.1. The van der Waals surface area contributed by atoms with E-state index in [4.69, 9.17) is 4.74 Å². The van der Waals surface area contributed by atoms with Crippen molar-refractivity contribution in [3.8, 4) is 5.75 Å². The first-order valence-corrected chi connectivity index (χ1v) is 7.67. The maximum Gasteiger partial charge on any atom is 0.258 e. The lowest BCUT2D eigenvalue weighted by molar-refractivity contribution is -0.123. The van der Waals surface area contributed by atoms with Crippen molar-refractivity contribution in [3.63, 3.8) is 0 Å². The number of rotatable bonds is 7. The molecule has 0 unspecified atom stereocenters. The van der Waals surface area contributed by atoms with Crippen LogP contribution in [0.5, 0.6) is 5.75 Å². The number of benzene rings is 2. The van der Waals surface area contributed by atoms with Crippen molar-refractivity contribution in [1.29, 1.82) is 0 Å². The number of carbonyl (C=O) groups is 1. The Morgan fingerprint density at radius 2 is 1.77 bits per heavy atom. The number of amides is 1. The normalized spacial score (nSPS) is 11.7. The van der Waals surface area contributed by atoms with Gasteiger partial charge in [0.05, 0.1) is 0 Å². The molecule has 3 nitrogen and oxygen atoms in total. The van der Waals surface area contributed by atoms with Crippen LogP contribution in [-0.2, 0) is 11.2 Å². The van der Waals surface area contributed by atoms with Gasteiger partial charge in [-0.05, 0) is 43.9 Å². The van der Waals surface area contributed by atoms with Gasteiger partial charge < -0.3 is 10.1 Å². The van der Waals surface area contributed by atoms with Gasteiger partial charge in [0.1, 0.15) is 5.75 Å². The largest absolute Gasteiger partial charge is 0.484 e. The molecule has 0 fully saturated rings. The Hall–Kier alpha value is -2.29. The van der Waals surface area contributed by atoms with E-state index in [2.05, 4.69) is 17.4 Å². The highest BCUT2D eigenvalue weighted by Gasteiger charge is 2.09. The molecule has 2 aromatic carbocycles. The zero-order valence-corrected chi connectivity index (χ0v) is 13.2. The fourth-order valence-electron chi connectivity index (χ4n) is 2.28. The van der Waals surface area contributed by atoms with Gasteiger partial charge in [-0.15, -0.1) is 0 Å². The molecule has 0 bridgehead atoms. The topological polar surface area (TPSA) is 38.3 Å². The number of para-hydroxylation sites is 1. The average Bonchev–Trinajstić information content (AvgIpc) is 2.53. The van der Waals surface area contributed by atoms with Gasteiger partial charge in [-0.1, -0.05) is 48.5 Å². The molecule has 0 heterocycles. The van der Waals surface area contributed by atoms with Crippen LogP contribution in [0.2, 0.25) is 0 Å². The van der Waals surface area contributed by atoms with Crippen molar-refractivity contribution in [3.05, 3.63) is 65.7 Å². The number of ether oxygens (including phenoxy) is 1. The van der Waals surface area contributed by atoms with Gasteiger partial charge in [-0.2, -0.15) is 0 Å². The second-order valence-electron chi connectivity index (χ2n) is 5.55. The van der Waals surface area contributed by atoms with Crippen LogP contribution in [0.1, 0.15) is 24.5 Å². The number of aryl methyl sites for hydroxylation is 2. The third kappa shape index (κ3) is 5.24. The second kappa shape index (κ2) is 8.23. The van der Waals surface area contributed by atoms with E-state index in [0.29, 0.717) is 0 Å². The summed E-state index contributed by atoms with van der Waals surface area (Å²) in [6.07, 6.45) is 1.88. The molecule has 0 radical (unpaired) electrons. The Morgan fingerprint density at radius 1 is 1.09 bits per heavy atom. The lowest BCUT2D eigenvalue weighted by atomic mass is 10.1. The maximum atomic E-state index is 11.9. The molecule has 0 aromatic heterocycles. The van der Waals surface area contributed by atoms with Gasteiger partial charge in [0.25, 0.3) is 5.91 Å². The van der Waals surface area contributed by atoms with Crippen LogP contribution in [0, 0.1) is 6.92 Å². The molecule has 2 aromatic rings. The monoisotopic (exact) mass is 297 g/mol. The predicted octanol–water partition coefficient (Wildman–Crippen LogP) is 3.51. The summed E-state index contributed by atoms with van der Waals surface area (Å²) in [5.74, 6) is 0.679. The SMILES string of the molecule is Cc1ccccc1OCC(=O)N[C@H](C)CCc1ccccc1. The van der Waals surface area contributed by atoms with E-state index >= 15 is 0 Å². The molecule has 2 rings (SSSR count). The molecule has 0 aliphatic heterocycles. The van der Waals surface area contributed by atoms with Crippen molar-refractivity contribution >= 4 is 5.91 Å². The Bertz CT molecular complexity index is 595. The third-order valence-corrected chi connectivity index (χ3v) is 3.57. The first-order valence-electron chi connectivity index (χ1n) is 7.67. The smallest absolute Gasteiger partial charge is 0.258 e. The molecule has 1 amide bonds. The van der Waals surface area contributed by atoms with Crippen molar-refractivity contribution in [1.82, 2.24) is 5.32 Å². The van der Waals surface area contributed by atoms with Crippen molar-refractivity contribution in [2.24, 2.45) is 0 Å². The maximum absolute atomic E-state index is 11.9. The Labute approximate surface area is 132 Å². The molecule has 0 aliphatic rings. The average molecular weight is 297 g/mol. The second-order valence-corrected chi connectivity index (χ2v) is 5.55. The molecule has 1 N–H and O–H groups in total. The lowest BCUT2D eigenvalue weighted by Gasteiger charge is -2.15. The minimum absolute atomic E-state index is 0.0561. The van der Waals surface area contributed by atoms with E-state index in [9.17, 15) is 4.79 Å². The van der Waals surface area contributed by atoms with Crippen LogP contribution in [0.25, 0.3) is 0 Å². The molecule has 3 heteroatoms. The van der Waals surface area contributed by atoms with Crippen LogP contribution in [0.3, 0.4) is 0 Å². The highest BCUT2D eigenvalue weighted by molar-refractivity contribution is 5.77. The summed E-state index contributed by atoms with van der Waals surface area (Å²) < 4.78 is 5.55. The molecule has 0 spiro atoms. The molecule has 116 valence electrons. The fourth-order valence-corrected chi connectivity index (χ4v) is 2.28. The summed E-state index contributed by atoms with van der Waals surface area (Å²) >= 11 is 0. The van der Waals surface area contributed by atoms with E-state index in [0.717, 1.165) is 24.2 Å². The third-order valence-electron chi connectivity index (χ3n) is 3.57. The van der Waals surface area contributed by atoms with Crippen LogP contribution < -0.4 is 10.1 Å². The quantitative estimate of drug-likeness (QED) is 0.849. The van der Waals surface area contributed by atoms with Crippen molar-refractivity contribution < 1.29 is 9.53 Å². The predicted molar refractivity (Wildman–Crippen MR) is 89.0 cm³/mol. The summed E-state index contributed by atoms with van der Waals surface area (Å²) in [4.78, 5) is 11.9. The van der Waals surface area contributed by atoms with E-state index < -0.39 is 0 Å². The Morgan fingerprint density at radius 3 is 2.50 bits per heavy atom. The van der Waals surface area contributed by atoms with Gasteiger partial charge in [-0.25, -0.2) is 0 Å². The minimum Gasteiger partial charge on any atom is -0.484 e. The zero-order chi connectivity index (χ0) is 15.8. The molecule has 0 aliphatic carbocycles. The summed E-state index contributed by atoms with van der Waals surface area (Å²) in [5.41, 5.74) is 2.33. The van der Waals surface area contributed by atoms with E-state index in [1.807, 2.05) is 56.3 Å². The van der Waals surface area contributed by atoms with E-state index in [1.165, 1.54) is 5.56 Å².